The van der Waals surface area contributed by atoms with Gasteiger partial charge in [0.25, 0.3) is 0 Å². The van der Waals surface area contributed by atoms with Crippen molar-refractivity contribution in [1.82, 2.24) is 4.98 Å². The summed E-state index contributed by atoms with van der Waals surface area (Å²) in [7, 11) is 1.68. The first kappa shape index (κ1) is 13.1. The molecule has 1 fully saturated rings. The molecule has 0 radical (unpaired) electrons. The molecule has 1 aromatic rings. The number of nitrogens with zero attached hydrogens (tertiary/aromatic N) is 1. The van der Waals surface area contributed by atoms with Crippen molar-refractivity contribution in [2.24, 2.45) is 0 Å². The van der Waals surface area contributed by atoms with Gasteiger partial charge in [-0.25, -0.2) is 9.78 Å². The number of pyridine rings is 1. The summed E-state index contributed by atoms with van der Waals surface area (Å²) in [5.74, 6) is -0.536. The number of anilines is 1. The lowest BCUT2D eigenvalue weighted by Crippen LogP contribution is -2.30. The predicted molar refractivity (Wildman–Crippen MR) is 68.3 cm³/mol. The number of halogens is 1. The molecular formula is C12H15ClN2O3. The van der Waals surface area contributed by atoms with Crippen LogP contribution in [0, 0.1) is 0 Å². The second-order valence-corrected chi connectivity index (χ2v) is 4.71. The molecule has 1 aliphatic rings. The maximum Gasteiger partial charge on any atom is 0.335 e. The van der Waals surface area contributed by atoms with Crippen molar-refractivity contribution < 1.29 is 14.6 Å². The van der Waals surface area contributed by atoms with Crippen LogP contribution in [0.4, 0.5) is 5.82 Å². The zero-order valence-electron chi connectivity index (χ0n) is 10.0. The highest BCUT2D eigenvalue weighted by molar-refractivity contribution is 6.29. The first-order valence-electron chi connectivity index (χ1n) is 5.80. The maximum absolute atomic E-state index is 10.9. The van der Waals surface area contributed by atoms with E-state index in [1.54, 1.807) is 7.11 Å². The highest BCUT2D eigenvalue weighted by atomic mass is 35.5. The Morgan fingerprint density at radius 3 is 3.00 bits per heavy atom. The third kappa shape index (κ3) is 2.91. The number of methoxy groups -OCH3 is 1. The highest BCUT2D eigenvalue weighted by Gasteiger charge is 2.27. The Kier molecular flexibility index (Phi) is 4.04. The number of aromatic carboxylic acids is 1. The molecule has 0 aliphatic heterocycles. The molecule has 0 saturated heterocycles. The Morgan fingerprint density at radius 2 is 2.33 bits per heavy atom. The van der Waals surface area contributed by atoms with Crippen molar-refractivity contribution in [2.45, 2.75) is 31.4 Å². The molecule has 5 nitrogen and oxygen atoms in total. The number of hydrogen-bond acceptors (Lipinski definition) is 4. The van der Waals surface area contributed by atoms with E-state index >= 15 is 0 Å². The summed E-state index contributed by atoms with van der Waals surface area (Å²) in [5, 5.41) is 12.3. The summed E-state index contributed by atoms with van der Waals surface area (Å²) in [6, 6.07) is 2.97. The number of carbonyl (C=O) groups is 1. The van der Waals surface area contributed by atoms with E-state index in [2.05, 4.69) is 10.3 Å². The van der Waals surface area contributed by atoms with Crippen LogP contribution in [-0.4, -0.2) is 35.3 Å². The minimum Gasteiger partial charge on any atom is -0.478 e. The van der Waals surface area contributed by atoms with Crippen molar-refractivity contribution in [3.05, 3.63) is 22.8 Å². The first-order valence-corrected chi connectivity index (χ1v) is 6.18. The quantitative estimate of drug-likeness (QED) is 0.822. The summed E-state index contributed by atoms with van der Waals surface area (Å²) in [4.78, 5) is 15.0. The fourth-order valence-electron chi connectivity index (χ4n) is 2.26. The van der Waals surface area contributed by atoms with E-state index < -0.39 is 5.97 Å². The molecule has 0 spiro atoms. The third-order valence-electron chi connectivity index (χ3n) is 3.13. The average Bonchev–Trinajstić information content (AvgIpc) is 2.75. The molecule has 1 aliphatic carbocycles. The fraction of sp³-hybridized carbons (Fsp3) is 0.500. The van der Waals surface area contributed by atoms with Gasteiger partial charge in [-0.1, -0.05) is 11.6 Å². The summed E-state index contributed by atoms with van der Waals surface area (Å²) in [6.07, 6.45) is 3.21. The van der Waals surface area contributed by atoms with E-state index in [4.69, 9.17) is 21.4 Å². The monoisotopic (exact) mass is 270 g/mol. The molecule has 1 saturated carbocycles. The summed E-state index contributed by atoms with van der Waals surface area (Å²) < 4.78 is 5.36. The average molecular weight is 271 g/mol. The van der Waals surface area contributed by atoms with Crippen LogP contribution in [0.3, 0.4) is 0 Å². The lowest BCUT2D eigenvalue weighted by atomic mass is 10.2. The molecule has 0 amide bonds. The van der Waals surface area contributed by atoms with Crippen LogP contribution in [0.1, 0.15) is 29.6 Å². The van der Waals surface area contributed by atoms with Crippen molar-refractivity contribution in [2.75, 3.05) is 12.4 Å². The van der Waals surface area contributed by atoms with Gasteiger partial charge in [-0.05, 0) is 31.4 Å². The van der Waals surface area contributed by atoms with E-state index in [1.165, 1.54) is 12.1 Å². The summed E-state index contributed by atoms with van der Waals surface area (Å²) in [6.45, 7) is 0. The molecule has 0 bridgehead atoms. The molecule has 98 valence electrons. The van der Waals surface area contributed by atoms with E-state index in [1.807, 2.05) is 0 Å². The van der Waals surface area contributed by atoms with E-state index in [-0.39, 0.29) is 22.9 Å². The fourth-order valence-corrected chi connectivity index (χ4v) is 2.47. The van der Waals surface area contributed by atoms with E-state index in [9.17, 15) is 4.79 Å². The standard InChI is InChI=1S/C12H15ClN2O3/c1-18-9-4-2-3-8(9)14-11-6-7(12(16)17)5-10(13)15-11/h5-6,8-9H,2-4H2,1H3,(H,14,15)(H,16,17). The largest absolute Gasteiger partial charge is 0.478 e. The SMILES string of the molecule is COC1CCCC1Nc1cc(C(=O)O)cc(Cl)n1. The lowest BCUT2D eigenvalue weighted by molar-refractivity contribution is 0.0697. The Labute approximate surface area is 110 Å². The number of ether oxygens (including phenoxy) is 1. The van der Waals surface area contributed by atoms with Gasteiger partial charge in [-0.15, -0.1) is 0 Å². The molecule has 18 heavy (non-hydrogen) atoms. The van der Waals surface area contributed by atoms with Crippen LogP contribution < -0.4 is 5.32 Å². The van der Waals surface area contributed by atoms with Crippen LogP contribution in [-0.2, 0) is 4.74 Å². The zero-order chi connectivity index (χ0) is 13.1. The van der Waals surface area contributed by atoms with Crippen molar-refractivity contribution in [1.29, 1.82) is 0 Å². The van der Waals surface area contributed by atoms with Crippen LogP contribution in [0.15, 0.2) is 12.1 Å². The van der Waals surface area contributed by atoms with Crippen LogP contribution >= 0.6 is 11.6 Å². The molecule has 2 N–H and O–H groups in total. The van der Waals surface area contributed by atoms with Gasteiger partial charge in [0.05, 0.1) is 17.7 Å². The summed E-state index contributed by atoms with van der Waals surface area (Å²) in [5.41, 5.74) is 0.129. The van der Waals surface area contributed by atoms with Crippen LogP contribution in [0.5, 0.6) is 0 Å². The molecule has 6 heteroatoms. The lowest BCUT2D eigenvalue weighted by Gasteiger charge is -2.20. The Hall–Kier alpha value is -1.33. The van der Waals surface area contributed by atoms with Crippen molar-refractivity contribution in [3.8, 4) is 0 Å². The minimum absolute atomic E-state index is 0.129. The minimum atomic E-state index is -1.02. The van der Waals surface area contributed by atoms with Gasteiger partial charge in [0.1, 0.15) is 11.0 Å². The first-order chi connectivity index (χ1) is 8.60. The van der Waals surface area contributed by atoms with Gasteiger partial charge in [-0.3, -0.25) is 0 Å². The van der Waals surface area contributed by atoms with Gasteiger partial charge in [-0.2, -0.15) is 0 Å². The predicted octanol–water partition coefficient (Wildman–Crippen LogP) is 2.41. The highest BCUT2D eigenvalue weighted by Crippen LogP contribution is 2.25. The molecule has 0 aromatic carbocycles. The molecule has 2 rings (SSSR count). The smallest absolute Gasteiger partial charge is 0.335 e. The second kappa shape index (κ2) is 5.54. The number of nitrogens with one attached hydrogen (secondary N) is 1. The second-order valence-electron chi connectivity index (χ2n) is 4.32. The number of aromatic nitrogens is 1. The molecule has 2 atom stereocenters. The molecule has 2 unspecified atom stereocenters. The molecule has 1 heterocycles. The van der Waals surface area contributed by atoms with Crippen molar-refractivity contribution >= 4 is 23.4 Å². The number of carboxylic acids is 1. The van der Waals surface area contributed by atoms with Gasteiger partial charge in [0.2, 0.25) is 0 Å². The zero-order valence-corrected chi connectivity index (χ0v) is 10.8. The van der Waals surface area contributed by atoms with Gasteiger partial charge >= 0.3 is 5.97 Å². The Balaban J connectivity index is 2.16. The third-order valence-corrected chi connectivity index (χ3v) is 3.32. The van der Waals surface area contributed by atoms with Gasteiger partial charge < -0.3 is 15.2 Å². The molecule has 1 aromatic heterocycles. The maximum atomic E-state index is 10.9. The van der Waals surface area contributed by atoms with Gasteiger partial charge in [0.15, 0.2) is 0 Å². The van der Waals surface area contributed by atoms with Crippen LogP contribution in [0.2, 0.25) is 5.15 Å². The van der Waals surface area contributed by atoms with Gasteiger partial charge in [0, 0.05) is 7.11 Å². The number of rotatable bonds is 4. The number of hydrogen-bond donors (Lipinski definition) is 2. The normalized spacial score (nSPS) is 23.0. The topological polar surface area (TPSA) is 71.5 Å². The number of carboxylic acid groups (broad SMARTS) is 1. The molecular weight excluding hydrogens is 256 g/mol. The summed E-state index contributed by atoms with van der Waals surface area (Å²) >= 11 is 5.80. The van der Waals surface area contributed by atoms with E-state index in [0.29, 0.717) is 5.82 Å². The van der Waals surface area contributed by atoms with Crippen LogP contribution in [0.25, 0.3) is 0 Å². The van der Waals surface area contributed by atoms with E-state index in [0.717, 1.165) is 19.3 Å². The van der Waals surface area contributed by atoms with Crippen molar-refractivity contribution in [3.63, 3.8) is 0 Å². The Bertz CT molecular complexity index is 453. The Morgan fingerprint density at radius 1 is 1.56 bits per heavy atom.